The molecule has 0 spiro atoms. The minimum Gasteiger partial charge on any atom is -0.378 e. The van der Waals surface area contributed by atoms with Crippen LogP contribution in [0, 0.1) is 0 Å². The number of nitrogens with two attached hydrogens (primary N) is 1. The Hall–Kier alpha value is -0.820. The Balaban J connectivity index is 2.27. The van der Waals surface area contributed by atoms with E-state index in [0.29, 0.717) is 17.3 Å². The minimum atomic E-state index is -3.72. The third kappa shape index (κ3) is 2.95. The van der Waals surface area contributed by atoms with Crippen molar-refractivity contribution in [2.24, 2.45) is 5.14 Å². The molecule has 0 radical (unpaired) electrons. The van der Waals surface area contributed by atoms with E-state index in [2.05, 4.69) is 5.32 Å². The maximum absolute atomic E-state index is 11.3. The first-order chi connectivity index (χ1) is 8.38. The predicted molar refractivity (Wildman–Crippen MR) is 70.3 cm³/mol. The summed E-state index contributed by atoms with van der Waals surface area (Å²) in [7, 11) is -3.72. The normalized spacial score (nSPS) is 24.2. The highest BCUT2D eigenvalue weighted by Crippen LogP contribution is 2.27. The number of hydrogen-bond donors (Lipinski definition) is 2. The molecule has 0 aromatic heterocycles. The van der Waals surface area contributed by atoms with Gasteiger partial charge in [0.1, 0.15) is 0 Å². The maximum Gasteiger partial charge on any atom is 0.238 e. The molecule has 18 heavy (non-hydrogen) atoms. The number of primary sulfonamides is 1. The second-order valence-corrected chi connectivity index (χ2v) is 6.27. The summed E-state index contributed by atoms with van der Waals surface area (Å²) in [6, 6.07) is 4.47. The lowest BCUT2D eigenvalue weighted by Gasteiger charge is -2.18. The van der Waals surface area contributed by atoms with Crippen molar-refractivity contribution >= 4 is 27.3 Å². The van der Waals surface area contributed by atoms with Gasteiger partial charge in [0.15, 0.2) is 0 Å². The zero-order valence-electron chi connectivity index (χ0n) is 9.89. The quantitative estimate of drug-likeness (QED) is 0.885. The van der Waals surface area contributed by atoms with Crippen LogP contribution in [0.15, 0.2) is 23.1 Å². The number of rotatable bonds is 3. The zero-order chi connectivity index (χ0) is 13.3. The molecule has 3 N–H and O–H groups in total. The molecular formula is C11H15ClN2O3S. The standard InChI is InChI=1S/C11H15ClN2O3S/c1-7-10(4-5-17-7)14-11-6-8(18(13,15)16)2-3-9(11)12/h2-3,6-7,10,14H,4-5H2,1H3,(H2,13,15,16). The van der Waals surface area contributed by atoms with Gasteiger partial charge in [0.05, 0.1) is 27.8 Å². The first kappa shape index (κ1) is 13.6. The lowest BCUT2D eigenvalue weighted by atomic mass is 10.1. The van der Waals surface area contributed by atoms with Crippen molar-refractivity contribution in [3.63, 3.8) is 0 Å². The molecule has 1 fully saturated rings. The Labute approximate surface area is 111 Å². The Morgan fingerprint density at radius 3 is 2.78 bits per heavy atom. The van der Waals surface area contributed by atoms with Crippen LogP contribution in [0.3, 0.4) is 0 Å². The Morgan fingerprint density at radius 1 is 1.50 bits per heavy atom. The van der Waals surface area contributed by atoms with Crippen molar-refractivity contribution in [2.45, 2.75) is 30.4 Å². The van der Waals surface area contributed by atoms with Crippen LogP contribution in [0.5, 0.6) is 0 Å². The summed E-state index contributed by atoms with van der Waals surface area (Å²) in [5.74, 6) is 0. The Morgan fingerprint density at radius 2 is 2.22 bits per heavy atom. The third-order valence-electron chi connectivity index (χ3n) is 2.98. The highest BCUT2D eigenvalue weighted by molar-refractivity contribution is 7.89. The van der Waals surface area contributed by atoms with Crippen LogP contribution >= 0.6 is 11.6 Å². The van der Waals surface area contributed by atoms with Crippen molar-refractivity contribution in [3.8, 4) is 0 Å². The van der Waals surface area contributed by atoms with Gasteiger partial charge in [-0.1, -0.05) is 11.6 Å². The molecule has 100 valence electrons. The minimum absolute atomic E-state index is 0.0426. The van der Waals surface area contributed by atoms with E-state index in [0.717, 1.165) is 6.42 Å². The number of benzene rings is 1. The van der Waals surface area contributed by atoms with Gasteiger partial charge in [-0.25, -0.2) is 13.6 Å². The Bertz CT molecular complexity index is 547. The predicted octanol–water partition coefficient (Wildman–Crippen LogP) is 1.58. The molecule has 1 aliphatic rings. The van der Waals surface area contributed by atoms with Gasteiger partial charge in [0, 0.05) is 6.61 Å². The van der Waals surface area contributed by atoms with E-state index in [1.54, 1.807) is 0 Å². The molecule has 5 nitrogen and oxygen atoms in total. The van der Waals surface area contributed by atoms with E-state index >= 15 is 0 Å². The molecule has 1 aliphatic heterocycles. The average Bonchev–Trinajstić information content (AvgIpc) is 2.66. The molecule has 2 atom stereocenters. The van der Waals surface area contributed by atoms with Crippen LogP contribution in [0.4, 0.5) is 5.69 Å². The van der Waals surface area contributed by atoms with Gasteiger partial charge in [-0.2, -0.15) is 0 Å². The zero-order valence-corrected chi connectivity index (χ0v) is 11.5. The van der Waals surface area contributed by atoms with Crippen molar-refractivity contribution in [3.05, 3.63) is 23.2 Å². The fourth-order valence-corrected chi connectivity index (χ4v) is 2.62. The van der Waals surface area contributed by atoms with Gasteiger partial charge in [-0.3, -0.25) is 0 Å². The topological polar surface area (TPSA) is 81.4 Å². The van der Waals surface area contributed by atoms with Gasteiger partial charge < -0.3 is 10.1 Å². The molecule has 0 saturated carbocycles. The van der Waals surface area contributed by atoms with Crippen molar-refractivity contribution in [1.82, 2.24) is 0 Å². The molecular weight excluding hydrogens is 276 g/mol. The molecule has 1 aromatic carbocycles. The number of halogens is 1. The van der Waals surface area contributed by atoms with E-state index in [9.17, 15) is 8.42 Å². The SMILES string of the molecule is CC1OCCC1Nc1cc(S(N)(=O)=O)ccc1Cl. The van der Waals surface area contributed by atoms with Crippen LogP contribution in [-0.2, 0) is 14.8 Å². The van der Waals surface area contributed by atoms with Gasteiger partial charge in [0.2, 0.25) is 10.0 Å². The highest BCUT2D eigenvalue weighted by Gasteiger charge is 2.24. The first-order valence-corrected chi connectivity index (χ1v) is 7.51. The molecule has 1 saturated heterocycles. The summed E-state index contributed by atoms with van der Waals surface area (Å²) < 4.78 is 28.0. The van der Waals surface area contributed by atoms with E-state index in [1.807, 2.05) is 6.92 Å². The second kappa shape index (κ2) is 5.05. The summed E-state index contributed by atoms with van der Waals surface area (Å²) in [5.41, 5.74) is 0.561. The van der Waals surface area contributed by atoms with Gasteiger partial charge in [-0.15, -0.1) is 0 Å². The summed E-state index contributed by atoms with van der Waals surface area (Å²) in [5, 5.41) is 8.74. The van der Waals surface area contributed by atoms with E-state index < -0.39 is 10.0 Å². The third-order valence-corrected chi connectivity index (χ3v) is 4.22. The van der Waals surface area contributed by atoms with Crippen LogP contribution < -0.4 is 10.5 Å². The van der Waals surface area contributed by atoms with Crippen molar-refractivity contribution in [1.29, 1.82) is 0 Å². The molecule has 1 aromatic rings. The highest BCUT2D eigenvalue weighted by atomic mass is 35.5. The van der Waals surface area contributed by atoms with E-state index in [-0.39, 0.29) is 17.0 Å². The molecule has 0 bridgehead atoms. The van der Waals surface area contributed by atoms with Crippen LogP contribution in [0.1, 0.15) is 13.3 Å². The molecule has 0 aliphatic carbocycles. The fraction of sp³-hybridized carbons (Fsp3) is 0.455. The Kier molecular flexibility index (Phi) is 3.82. The smallest absolute Gasteiger partial charge is 0.238 e. The lowest BCUT2D eigenvalue weighted by molar-refractivity contribution is 0.121. The van der Waals surface area contributed by atoms with Gasteiger partial charge in [-0.05, 0) is 31.5 Å². The van der Waals surface area contributed by atoms with Crippen LogP contribution in [-0.4, -0.2) is 27.2 Å². The fourth-order valence-electron chi connectivity index (χ4n) is 1.91. The summed E-state index contributed by atoms with van der Waals surface area (Å²) in [6.07, 6.45) is 0.927. The second-order valence-electron chi connectivity index (χ2n) is 4.30. The monoisotopic (exact) mass is 290 g/mol. The average molecular weight is 291 g/mol. The van der Waals surface area contributed by atoms with Crippen molar-refractivity contribution in [2.75, 3.05) is 11.9 Å². The molecule has 2 unspecified atom stereocenters. The largest absolute Gasteiger partial charge is 0.378 e. The number of nitrogens with one attached hydrogen (secondary N) is 1. The maximum atomic E-state index is 11.3. The number of ether oxygens (including phenoxy) is 1. The first-order valence-electron chi connectivity index (χ1n) is 5.58. The van der Waals surface area contributed by atoms with Crippen LogP contribution in [0.25, 0.3) is 0 Å². The van der Waals surface area contributed by atoms with Crippen molar-refractivity contribution < 1.29 is 13.2 Å². The molecule has 2 rings (SSSR count). The van der Waals surface area contributed by atoms with E-state index in [4.69, 9.17) is 21.5 Å². The van der Waals surface area contributed by atoms with E-state index in [1.165, 1.54) is 18.2 Å². The molecule has 1 heterocycles. The number of hydrogen-bond acceptors (Lipinski definition) is 4. The van der Waals surface area contributed by atoms with Gasteiger partial charge >= 0.3 is 0 Å². The molecule has 0 amide bonds. The van der Waals surface area contributed by atoms with Gasteiger partial charge in [0.25, 0.3) is 0 Å². The summed E-state index contributed by atoms with van der Waals surface area (Å²) in [4.78, 5) is 0.0426. The summed E-state index contributed by atoms with van der Waals surface area (Å²) in [6.45, 7) is 2.65. The summed E-state index contributed by atoms with van der Waals surface area (Å²) >= 11 is 6.03. The lowest BCUT2D eigenvalue weighted by Crippen LogP contribution is -2.27. The number of anilines is 1. The van der Waals surface area contributed by atoms with Crippen LogP contribution in [0.2, 0.25) is 5.02 Å². The number of sulfonamides is 1. The molecule has 7 heteroatoms.